The molecule has 0 aliphatic carbocycles. The molecule has 0 bridgehead atoms. The average Bonchev–Trinajstić information content (AvgIpc) is 2.37. The Balaban J connectivity index is 2.34. The molecule has 5 heteroatoms. The van der Waals surface area contributed by atoms with Gasteiger partial charge < -0.3 is 25.7 Å². The number of aromatic hydroxyl groups is 3. The van der Waals surface area contributed by atoms with Gasteiger partial charge in [-0.3, -0.25) is 0 Å². The largest absolute Gasteiger partial charge is 0.504 e. The van der Waals surface area contributed by atoms with Crippen LogP contribution in [0.4, 0.5) is 0 Å². The first-order valence-corrected chi connectivity index (χ1v) is 6.10. The van der Waals surface area contributed by atoms with E-state index in [-0.39, 0.29) is 18.1 Å². The van der Waals surface area contributed by atoms with E-state index in [1.807, 2.05) is 6.92 Å². The van der Waals surface area contributed by atoms with Crippen molar-refractivity contribution in [1.29, 1.82) is 0 Å². The third kappa shape index (κ3) is 4.09. The standard InChI is InChI=1S/C13H21NO4/c1-9(8-15)3-2-6-14-7-10-4-5-11(16)13(18)12(10)17/h4-5,9,14-18H,2-3,6-8H2,1H3. The molecule has 0 heterocycles. The summed E-state index contributed by atoms with van der Waals surface area (Å²) >= 11 is 0. The van der Waals surface area contributed by atoms with Gasteiger partial charge in [-0.1, -0.05) is 13.0 Å². The molecule has 1 atom stereocenters. The van der Waals surface area contributed by atoms with Crippen LogP contribution in [0.1, 0.15) is 25.3 Å². The van der Waals surface area contributed by atoms with Crippen molar-refractivity contribution in [3.63, 3.8) is 0 Å². The third-order valence-corrected chi connectivity index (χ3v) is 2.89. The van der Waals surface area contributed by atoms with Crippen LogP contribution in [0.25, 0.3) is 0 Å². The second kappa shape index (κ2) is 7.08. The van der Waals surface area contributed by atoms with Gasteiger partial charge in [-0.2, -0.15) is 0 Å². The maximum atomic E-state index is 9.58. The second-order valence-electron chi connectivity index (χ2n) is 4.55. The highest BCUT2D eigenvalue weighted by Crippen LogP contribution is 2.36. The minimum Gasteiger partial charge on any atom is -0.504 e. The summed E-state index contributed by atoms with van der Waals surface area (Å²) in [6.07, 6.45) is 1.88. The van der Waals surface area contributed by atoms with E-state index in [1.165, 1.54) is 6.07 Å². The van der Waals surface area contributed by atoms with Crippen molar-refractivity contribution in [2.75, 3.05) is 13.2 Å². The van der Waals surface area contributed by atoms with Crippen LogP contribution in [0, 0.1) is 5.92 Å². The molecule has 0 aliphatic heterocycles. The Morgan fingerprint density at radius 2 is 1.89 bits per heavy atom. The summed E-state index contributed by atoms with van der Waals surface area (Å²) in [6.45, 7) is 3.38. The molecule has 102 valence electrons. The number of phenolic OH excluding ortho intramolecular Hbond substituents is 3. The molecule has 0 fully saturated rings. The minimum absolute atomic E-state index is 0.201. The molecule has 18 heavy (non-hydrogen) atoms. The summed E-state index contributed by atoms with van der Waals surface area (Å²) in [6, 6.07) is 2.91. The van der Waals surface area contributed by atoms with Crippen LogP contribution in [-0.2, 0) is 6.54 Å². The predicted molar refractivity (Wildman–Crippen MR) is 68.6 cm³/mol. The van der Waals surface area contributed by atoms with E-state index in [2.05, 4.69) is 5.32 Å². The van der Waals surface area contributed by atoms with Crippen LogP contribution in [0.3, 0.4) is 0 Å². The minimum atomic E-state index is -0.483. The number of hydrogen-bond acceptors (Lipinski definition) is 5. The van der Waals surface area contributed by atoms with Gasteiger partial charge in [0.1, 0.15) is 0 Å². The van der Waals surface area contributed by atoms with Gasteiger partial charge in [-0.05, 0) is 31.4 Å². The van der Waals surface area contributed by atoms with Crippen molar-refractivity contribution in [2.45, 2.75) is 26.3 Å². The van der Waals surface area contributed by atoms with E-state index in [0.29, 0.717) is 18.0 Å². The number of aliphatic hydroxyl groups is 1. The van der Waals surface area contributed by atoms with Crippen molar-refractivity contribution >= 4 is 0 Å². The van der Waals surface area contributed by atoms with Gasteiger partial charge in [0.2, 0.25) is 5.75 Å². The predicted octanol–water partition coefficient (Wildman–Crippen LogP) is 1.30. The first-order valence-electron chi connectivity index (χ1n) is 6.10. The Labute approximate surface area is 107 Å². The fourth-order valence-corrected chi connectivity index (χ4v) is 1.64. The summed E-state index contributed by atoms with van der Waals surface area (Å²) < 4.78 is 0. The maximum Gasteiger partial charge on any atom is 0.200 e. The zero-order chi connectivity index (χ0) is 13.5. The molecule has 5 nitrogen and oxygen atoms in total. The van der Waals surface area contributed by atoms with Gasteiger partial charge in [0.25, 0.3) is 0 Å². The van der Waals surface area contributed by atoms with Gasteiger partial charge in [0.15, 0.2) is 11.5 Å². The zero-order valence-corrected chi connectivity index (χ0v) is 10.6. The normalized spacial score (nSPS) is 12.6. The Morgan fingerprint density at radius 1 is 1.17 bits per heavy atom. The van der Waals surface area contributed by atoms with Gasteiger partial charge in [0.05, 0.1) is 0 Å². The number of phenols is 3. The lowest BCUT2D eigenvalue weighted by Crippen LogP contribution is -2.16. The van der Waals surface area contributed by atoms with E-state index in [9.17, 15) is 10.2 Å². The highest BCUT2D eigenvalue weighted by Gasteiger charge is 2.10. The van der Waals surface area contributed by atoms with Gasteiger partial charge >= 0.3 is 0 Å². The van der Waals surface area contributed by atoms with Crippen LogP contribution in [-0.4, -0.2) is 33.6 Å². The summed E-state index contributed by atoms with van der Waals surface area (Å²) in [7, 11) is 0. The van der Waals surface area contributed by atoms with Gasteiger partial charge in [-0.25, -0.2) is 0 Å². The van der Waals surface area contributed by atoms with E-state index in [1.54, 1.807) is 6.07 Å². The molecule has 1 aromatic rings. The quantitative estimate of drug-likeness (QED) is 0.374. The Bertz CT molecular complexity index is 381. The molecular formula is C13H21NO4. The average molecular weight is 255 g/mol. The summed E-state index contributed by atoms with van der Waals surface area (Å²) in [4.78, 5) is 0. The highest BCUT2D eigenvalue weighted by atomic mass is 16.3. The Kier molecular flexibility index (Phi) is 5.74. The number of rotatable bonds is 7. The van der Waals surface area contributed by atoms with E-state index in [0.717, 1.165) is 19.4 Å². The first kappa shape index (κ1) is 14.6. The molecule has 5 N–H and O–H groups in total. The smallest absolute Gasteiger partial charge is 0.200 e. The van der Waals surface area contributed by atoms with E-state index < -0.39 is 5.75 Å². The second-order valence-corrected chi connectivity index (χ2v) is 4.55. The number of hydrogen-bond donors (Lipinski definition) is 5. The number of aliphatic hydroxyl groups excluding tert-OH is 1. The van der Waals surface area contributed by atoms with Crippen molar-refractivity contribution in [3.8, 4) is 17.2 Å². The molecule has 1 rings (SSSR count). The molecule has 0 saturated heterocycles. The lowest BCUT2D eigenvalue weighted by molar-refractivity contribution is 0.228. The molecule has 1 aromatic carbocycles. The monoisotopic (exact) mass is 255 g/mol. The summed E-state index contributed by atoms with van der Waals surface area (Å²) in [5.41, 5.74) is 0.542. The molecule has 0 radical (unpaired) electrons. The topological polar surface area (TPSA) is 93.0 Å². The van der Waals surface area contributed by atoms with Crippen molar-refractivity contribution in [1.82, 2.24) is 5.32 Å². The molecule has 0 aliphatic rings. The van der Waals surface area contributed by atoms with Crippen molar-refractivity contribution in [3.05, 3.63) is 17.7 Å². The fourth-order valence-electron chi connectivity index (χ4n) is 1.64. The van der Waals surface area contributed by atoms with Crippen molar-refractivity contribution in [2.24, 2.45) is 5.92 Å². The van der Waals surface area contributed by atoms with Crippen LogP contribution in [0.15, 0.2) is 12.1 Å². The first-order chi connectivity index (χ1) is 8.56. The molecule has 0 aromatic heterocycles. The van der Waals surface area contributed by atoms with Gasteiger partial charge in [0, 0.05) is 18.7 Å². The van der Waals surface area contributed by atoms with Crippen LogP contribution in [0.5, 0.6) is 17.2 Å². The number of nitrogens with one attached hydrogen (secondary N) is 1. The SMILES string of the molecule is CC(CO)CCCNCc1ccc(O)c(O)c1O. The maximum absolute atomic E-state index is 9.58. The third-order valence-electron chi connectivity index (χ3n) is 2.89. The van der Waals surface area contributed by atoms with Gasteiger partial charge in [-0.15, -0.1) is 0 Å². The van der Waals surface area contributed by atoms with Crippen LogP contribution >= 0.6 is 0 Å². The fraction of sp³-hybridized carbons (Fsp3) is 0.538. The Hall–Kier alpha value is -1.46. The molecule has 0 spiro atoms. The molecular weight excluding hydrogens is 234 g/mol. The zero-order valence-electron chi connectivity index (χ0n) is 10.6. The van der Waals surface area contributed by atoms with Crippen LogP contribution < -0.4 is 5.32 Å². The molecule has 0 amide bonds. The molecule has 1 unspecified atom stereocenters. The van der Waals surface area contributed by atoms with Crippen molar-refractivity contribution < 1.29 is 20.4 Å². The van der Waals surface area contributed by atoms with E-state index in [4.69, 9.17) is 10.2 Å². The Morgan fingerprint density at radius 3 is 2.56 bits per heavy atom. The summed E-state index contributed by atoms with van der Waals surface area (Å²) in [5.74, 6) is -0.791. The number of benzene rings is 1. The van der Waals surface area contributed by atoms with Crippen LogP contribution in [0.2, 0.25) is 0 Å². The van der Waals surface area contributed by atoms with E-state index >= 15 is 0 Å². The lowest BCUT2D eigenvalue weighted by atomic mass is 10.1. The lowest BCUT2D eigenvalue weighted by Gasteiger charge is -2.10. The highest BCUT2D eigenvalue weighted by molar-refractivity contribution is 5.52. The summed E-state index contributed by atoms with van der Waals surface area (Å²) in [5, 5.41) is 40.1. The molecule has 0 saturated carbocycles.